The van der Waals surface area contributed by atoms with Gasteiger partial charge in [-0.3, -0.25) is 4.90 Å². The second-order valence-corrected chi connectivity index (χ2v) is 5.91. The first-order valence-electron chi connectivity index (χ1n) is 6.59. The van der Waals surface area contributed by atoms with E-state index in [0.717, 1.165) is 19.0 Å². The normalized spacial score (nSPS) is 21.2. The number of hydrogen-bond donors (Lipinski definition) is 0. The number of likely N-dealkylation sites (tertiary alicyclic amines) is 1. The summed E-state index contributed by atoms with van der Waals surface area (Å²) in [5, 5.41) is 4.43. The lowest BCUT2D eigenvalue weighted by Crippen LogP contribution is -2.36. The maximum Gasteiger partial charge on any atom is 0.0946 e. The second kappa shape index (κ2) is 5.67. The summed E-state index contributed by atoms with van der Waals surface area (Å²) in [5.74, 6) is 0.770. The summed E-state index contributed by atoms with van der Waals surface area (Å²) < 4.78 is 2.21. The molecule has 3 nitrogen and oxygen atoms in total. The largest absolute Gasteiger partial charge is 0.337 e. The summed E-state index contributed by atoms with van der Waals surface area (Å²) in [6, 6.07) is 2.24. The van der Waals surface area contributed by atoms with Crippen LogP contribution in [0.15, 0.2) is 35.5 Å². The molecule has 0 aromatic carbocycles. The van der Waals surface area contributed by atoms with Crippen LogP contribution in [0.3, 0.4) is 0 Å². The Morgan fingerprint density at radius 2 is 2.44 bits per heavy atom. The Morgan fingerprint density at radius 1 is 1.44 bits per heavy atom. The van der Waals surface area contributed by atoms with Gasteiger partial charge in [-0.15, -0.1) is 0 Å². The number of aromatic nitrogens is 2. The number of piperidine rings is 1. The second-order valence-electron chi connectivity index (χ2n) is 5.13. The molecule has 1 atom stereocenters. The van der Waals surface area contributed by atoms with E-state index >= 15 is 0 Å². The molecule has 1 saturated heterocycles. The molecule has 3 heterocycles. The minimum atomic E-state index is 0.770. The van der Waals surface area contributed by atoms with Crippen molar-refractivity contribution in [1.82, 2.24) is 14.5 Å². The van der Waals surface area contributed by atoms with Gasteiger partial charge in [-0.2, -0.15) is 11.3 Å². The maximum atomic E-state index is 4.12. The molecule has 0 saturated carbocycles. The van der Waals surface area contributed by atoms with Crippen LogP contribution in [0.25, 0.3) is 0 Å². The van der Waals surface area contributed by atoms with Crippen molar-refractivity contribution >= 4 is 11.3 Å². The highest BCUT2D eigenvalue weighted by Gasteiger charge is 2.20. The van der Waals surface area contributed by atoms with E-state index < -0.39 is 0 Å². The molecule has 1 fully saturated rings. The van der Waals surface area contributed by atoms with Crippen LogP contribution in [0.2, 0.25) is 0 Å². The molecule has 1 unspecified atom stereocenters. The van der Waals surface area contributed by atoms with Crippen LogP contribution < -0.4 is 0 Å². The molecule has 1 aliphatic rings. The molecule has 96 valence electrons. The predicted molar refractivity (Wildman–Crippen MR) is 74.5 cm³/mol. The fraction of sp³-hybridized carbons (Fsp3) is 0.500. The van der Waals surface area contributed by atoms with Crippen LogP contribution in [0.1, 0.15) is 18.4 Å². The molecule has 0 radical (unpaired) electrons. The number of thiophene rings is 1. The fourth-order valence-electron chi connectivity index (χ4n) is 2.78. The van der Waals surface area contributed by atoms with Crippen molar-refractivity contribution in [1.29, 1.82) is 0 Å². The smallest absolute Gasteiger partial charge is 0.0946 e. The van der Waals surface area contributed by atoms with Crippen LogP contribution in [0.4, 0.5) is 0 Å². The minimum Gasteiger partial charge on any atom is -0.337 e. The van der Waals surface area contributed by atoms with Gasteiger partial charge in [-0.05, 0) is 47.7 Å². The van der Waals surface area contributed by atoms with Crippen LogP contribution in [0.5, 0.6) is 0 Å². The van der Waals surface area contributed by atoms with Crippen LogP contribution in [-0.4, -0.2) is 27.5 Å². The molecule has 2 aromatic rings. The summed E-state index contributed by atoms with van der Waals surface area (Å²) in [6.07, 6.45) is 8.53. The molecular weight excluding hydrogens is 242 g/mol. The Labute approximate surface area is 112 Å². The molecule has 0 aliphatic carbocycles. The van der Waals surface area contributed by atoms with Gasteiger partial charge >= 0.3 is 0 Å². The minimum absolute atomic E-state index is 0.770. The SMILES string of the molecule is c1cn(CC2CCCN(Cc3ccsc3)C2)cn1. The van der Waals surface area contributed by atoms with Gasteiger partial charge in [0.2, 0.25) is 0 Å². The van der Waals surface area contributed by atoms with Crippen LogP contribution in [0, 0.1) is 5.92 Å². The molecule has 0 amide bonds. The van der Waals surface area contributed by atoms with E-state index in [2.05, 4.69) is 37.5 Å². The first kappa shape index (κ1) is 11.9. The van der Waals surface area contributed by atoms with E-state index in [-0.39, 0.29) is 0 Å². The highest BCUT2D eigenvalue weighted by Crippen LogP contribution is 2.20. The average molecular weight is 261 g/mol. The van der Waals surface area contributed by atoms with Gasteiger partial charge in [0.1, 0.15) is 0 Å². The Kier molecular flexibility index (Phi) is 3.76. The van der Waals surface area contributed by atoms with E-state index in [0.29, 0.717) is 0 Å². The lowest BCUT2D eigenvalue weighted by Gasteiger charge is -2.32. The third-order valence-electron chi connectivity index (χ3n) is 3.62. The number of rotatable bonds is 4. The lowest BCUT2D eigenvalue weighted by molar-refractivity contribution is 0.156. The summed E-state index contributed by atoms with van der Waals surface area (Å²) in [4.78, 5) is 6.71. The summed E-state index contributed by atoms with van der Waals surface area (Å²) in [6.45, 7) is 4.69. The van der Waals surface area contributed by atoms with Crippen molar-refractivity contribution in [2.24, 2.45) is 5.92 Å². The monoisotopic (exact) mass is 261 g/mol. The van der Waals surface area contributed by atoms with E-state index in [9.17, 15) is 0 Å². The van der Waals surface area contributed by atoms with Crippen molar-refractivity contribution in [3.63, 3.8) is 0 Å². The van der Waals surface area contributed by atoms with Gasteiger partial charge in [-0.1, -0.05) is 0 Å². The Bertz CT molecular complexity index is 407. The summed E-state index contributed by atoms with van der Waals surface area (Å²) in [5.41, 5.74) is 1.46. The molecule has 18 heavy (non-hydrogen) atoms. The quantitative estimate of drug-likeness (QED) is 0.844. The van der Waals surface area contributed by atoms with Gasteiger partial charge in [-0.25, -0.2) is 4.98 Å². The molecule has 0 spiro atoms. The van der Waals surface area contributed by atoms with Crippen LogP contribution in [-0.2, 0) is 13.1 Å². The summed E-state index contributed by atoms with van der Waals surface area (Å²) in [7, 11) is 0. The van der Waals surface area contributed by atoms with Crippen molar-refractivity contribution in [2.75, 3.05) is 13.1 Å². The van der Waals surface area contributed by atoms with Crippen molar-refractivity contribution < 1.29 is 0 Å². The topological polar surface area (TPSA) is 21.1 Å². The van der Waals surface area contributed by atoms with E-state index in [1.165, 1.54) is 31.5 Å². The summed E-state index contributed by atoms with van der Waals surface area (Å²) >= 11 is 1.79. The average Bonchev–Trinajstić information content (AvgIpc) is 3.03. The first-order valence-corrected chi connectivity index (χ1v) is 7.53. The van der Waals surface area contributed by atoms with Gasteiger partial charge in [0, 0.05) is 32.0 Å². The van der Waals surface area contributed by atoms with E-state index in [4.69, 9.17) is 0 Å². The van der Waals surface area contributed by atoms with Gasteiger partial charge in [0.05, 0.1) is 6.33 Å². The number of imidazole rings is 1. The molecule has 3 rings (SSSR count). The van der Waals surface area contributed by atoms with E-state index in [1.807, 2.05) is 12.5 Å². The van der Waals surface area contributed by atoms with Gasteiger partial charge in [0.15, 0.2) is 0 Å². The molecule has 0 N–H and O–H groups in total. The Hall–Kier alpha value is -1.13. The van der Waals surface area contributed by atoms with Crippen molar-refractivity contribution in [3.8, 4) is 0 Å². The standard InChI is InChI=1S/C14H19N3S/c1-2-13(9-17-6-4-15-12-17)8-16(5-1)10-14-3-7-18-11-14/h3-4,6-7,11-13H,1-2,5,8-10H2. The predicted octanol–water partition coefficient (Wildman–Crippen LogP) is 2.86. The number of nitrogens with zero attached hydrogens (tertiary/aromatic N) is 3. The van der Waals surface area contributed by atoms with Crippen LogP contribution >= 0.6 is 11.3 Å². The fourth-order valence-corrected chi connectivity index (χ4v) is 3.44. The molecule has 2 aromatic heterocycles. The molecule has 1 aliphatic heterocycles. The molecular formula is C14H19N3S. The molecule has 0 bridgehead atoms. The van der Waals surface area contributed by atoms with E-state index in [1.54, 1.807) is 11.3 Å². The zero-order valence-electron chi connectivity index (χ0n) is 10.5. The maximum absolute atomic E-state index is 4.12. The Balaban J connectivity index is 1.55. The zero-order valence-corrected chi connectivity index (χ0v) is 11.4. The highest BCUT2D eigenvalue weighted by molar-refractivity contribution is 7.07. The van der Waals surface area contributed by atoms with Gasteiger partial charge in [0.25, 0.3) is 0 Å². The van der Waals surface area contributed by atoms with Gasteiger partial charge < -0.3 is 4.57 Å². The highest BCUT2D eigenvalue weighted by atomic mass is 32.1. The first-order chi connectivity index (χ1) is 8.90. The number of hydrogen-bond acceptors (Lipinski definition) is 3. The van der Waals surface area contributed by atoms with Crippen molar-refractivity contribution in [2.45, 2.75) is 25.9 Å². The zero-order chi connectivity index (χ0) is 12.2. The van der Waals surface area contributed by atoms with Crippen molar-refractivity contribution in [3.05, 3.63) is 41.1 Å². The third kappa shape index (κ3) is 3.00. The third-order valence-corrected chi connectivity index (χ3v) is 4.35. The molecule has 4 heteroatoms. The Morgan fingerprint density at radius 3 is 3.22 bits per heavy atom. The lowest BCUT2D eigenvalue weighted by atomic mass is 9.97.